The Labute approximate surface area is 116 Å². The number of rotatable bonds is 3. The van der Waals surface area contributed by atoms with Crippen LogP contribution in [-0.2, 0) is 0 Å². The van der Waals surface area contributed by atoms with Crippen molar-refractivity contribution in [3.63, 3.8) is 0 Å². The highest BCUT2D eigenvalue weighted by Gasteiger charge is 2.24. The van der Waals surface area contributed by atoms with Gasteiger partial charge in [-0.3, -0.25) is 0 Å². The number of carbonyl (C=O) groups is 1. The van der Waals surface area contributed by atoms with Crippen LogP contribution in [-0.4, -0.2) is 23.7 Å². The lowest BCUT2D eigenvalue weighted by Crippen LogP contribution is -2.39. The monoisotopic (exact) mass is 311 g/mol. The molecule has 4 heteroatoms. The molecule has 1 atom stereocenters. The van der Waals surface area contributed by atoms with Gasteiger partial charge in [0.25, 0.3) is 0 Å². The van der Waals surface area contributed by atoms with Gasteiger partial charge in [-0.1, -0.05) is 22.9 Å². The van der Waals surface area contributed by atoms with Crippen LogP contribution in [0.25, 0.3) is 0 Å². The standard InChI is InChI=1S/C14H18BrNO2/c1-2-11-5-3-4-8-16(11)13-7-6-10(15)9-12(13)14(17)18/h6-7,9,11H,2-5,8H2,1H3,(H,17,18). The summed E-state index contributed by atoms with van der Waals surface area (Å²) < 4.78 is 0.814. The van der Waals surface area contributed by atoms with Crippen LogP contribution in [0.3, 0.4) is 0 Å². The summed E-state index contributed by atoms with van der Waals surface area (Å²) in [7, 11) is 0. The summed E-state index contributed by atoms with van der Waals surface area (Å²) in [6, 6.07) is 6.00. The molecule has 18 heavy (non-hydrogen) atoms. The van der Waals surface area contributed by atoms with Gasteiger partial charge >= 0.3 is 5.97 Å². The number of benzene rings is 1. The third kappa shape index (κ3) is 2.69. The second kappa shape index (κ2) is 5.74. The Balaban J connectivity index is 2.39. The number of hydrogen-bond acceptors (Lipinski definition) is 2. The van der Waals surface area contributed by atoms with Crippen molar-refractivity contribution in [2.45, 2.75) is 38.6 Å². The van der Waals surface area contributed by atoms with Crippen LogP contribution < -0.4 is 4.90 Å². The first kappa shape index (κ1) is 13.4. The van der Waals surface area contributed by atoms with E-state index < -0.39 is 5.97 Å². The van der Waals surface area contributed by atoms with Crippen molar-refractivity contribution in [1.29, 1.82) is 0 Å². The van der Waals surface area contributed by atoms with Crippen LogP contribution in [0.1, 0.15) is 43.0 Å². The van der Waals surface area contributed by atoms with Gasteiger partial charge in [-0.05, 0) is 43.9 Å². The van der Waals surface area contributed by atoms with Crippen LogP contribution >= 0.6 is 15.9 Å². The van der Waals surface area contributed by atoms with E-state index in [1.807, 2.05) is 12.1 Å². The average molecular weight is 312 g/mol. The molecule has 0 bridgehead atoms. The Morgan fingerprint density at radius 3 is 2.94 bits per heavy atom. The van der Waals surface area contributed by atoms with Crippen molar-refractivity contribution in [2.75, 3.05) is 11.4 Å². The fraction of sp³-hybridized carbons (Fsp3) is 0.500. The maximum Gasteiger partial charge on any atom is 0.337 e. The first-order chi connectivity index (χ1) is 8.63. The number of anilines is 1. The third-order valence-electron chi connectivity index (χ3n) is 3.60. The summed E-state index contributed by atoms with van der Waals surface area (Å²) in [6.07, 6.45) is 4.61. The van der Waals surface area contributed by atoms with E-state index in [9.17, 15) is 9.90 Å². The van der Waals surface area contributed by atoms with Gasteiger partial charge in [0.1, 0.15) is 0 Å². The smallest absolute Gasteiger partial charge is 0.337 e. The van der Waals surface area contributed by atoms with E-state index in [0.29, 0.717) is 11.6 Å². The van der Waals surface area contributed by atoms with Gasteiger partial charge in [-0.2, -0.15) is 0 Å². The minimum Gasteiger partial charge on any atom is -0.478 e. The summed E-state index contributed by atoms with van der Waals surface area (Å²) in [6.45, 7) is 3.13. The van der Waals surface area contributed by atoms with E-state index >= 15 is 0 Å². The largest absolute Gasteiger partial charge is 0.478 e. The molecule has 1 aliphatic rings. The molecule has 0 spiro atoms. The van der Waals surface area contributed by atoms with E-state index in [0.717, 1.165) is 36.0 Å². The number of carboxylic acid groups (broad SMARTS) is 1. The molecule has 1 aliphatic heterocycles. The molecule has 1 aromatic carbocycles. The second-order valence-corrected chi connectivity index (χ2v) is 5.63. The molecular weight excluding hydrogens is 294 g/mol. The summed E-state index contributed by atoms with van der Waals surface area (Å²) in [5.41, 5.74) is 1.25. The molecule has 2 rings (SSSR count). The van der Waals surface area contributed by atoms with Gasteiger partial charge in [0.05, 0.1) is 11.3 Å². The predicted octanol–water partition coefficient (Wildman–Crippen LogP) is 3.92. The van der Waals surface area contributed by atoms with Crippen LogP contribution in [0.4, 0.5) is 5.69 Å². The lowest BCUT2D eigenvalue weighted by Gasteiger charge is -2.37. The van der Waals surface area contributed by atoms with Gasteiger partial charge < -0.3 is 10.0 Å². The minimum atomic E-state index is -0.855. The summed E-state index contributed by atoms with van der Waals surface area (Å²) in [5, 5.41) is 9.33. The highest BCUT2D eigenvalue weighted by molar-refractivity contribution is 9.10. The number of nitrogens with zero attached hydrogens (tertiary/aromatic N) is 1. The number of carboxylic acids is 1. The van der Waals surface area contributed by atoms with Gasteiger partial charge in [-0.15, -0.1) is 0 Å². The van der Waals surface area contributed by atoms with Crippen molar-refractivity contribution in [1.82, 2.24) is 0 Å². The molecule has 1 N–H and O–H groups in total. The Morgan fingerprint density at radius 1 is 1.50 bits per heavy atom. The molecule has 3 nitrogen and oxygen atoms in total. The Kier molecular flexibility index (Phi) is 4.27. The SMILES string of the molecule is CCC1CCCCN1c1ccc(Br)cc1C(=O)O. The molecule has 1 unspecified atom stereocenters. The van der Waals surface area contributed by atoms with E-state index in [1.165, 1.54) is 6.42 Å². The van der Waals surface area contributed by atoms with Crippen LogP contribution in [0.15, 0.2) is 22.7 Å². The quantitative estimate of drug-likeness (QED) is 0.920. The van der Waals surface area contributed by atoms with Crippen LogP contribution in [0.2, 0.25) is 0 Å². The molecular formula is C14H18BrNO2. The maximum atomic E-state index is 11.4. The first-order valence-corrected chi connectivity index (χ1v) is 7.22. The highest BCUT2D eigenvalue weighted by atomic mass is 79.9. The number of piperidine rings is 1. The summed E-state index contributed by atoms with van der Waals surface area (Å²) in [5.74, 6) is -0.855. The van der Waals surface area contributed by atoms with E-state index in [1.54, 1.807) is 6.07 Å². The second-order valence-electron chi connectivity index (χ2n) is 4.72. The Bertz CT molecular complexity index is 447. The zero-order valence-corrected chi connectivity index (χ0v) is 12.1. The van der Waals surface area contributed by atoms with E-state index in [4.69, 9.17) is 0 Å². The van der Waals surface area contributed by atoms with Gasteiger partial charge in [-0.25, -0.2) is 4.79 Å². The minimum absolute atomic E-state index is 0.393. The fourth-order valence-corrected chi connectivity index (χ4v) is 3.03. The van der Waals surface area contributed by atoms with Gasteiger partial charge in [0.15, 0.2) is 0 Å². The molecule has 0 aliphatic carbocycles. The molecule has 0 amide bonds. The molecule has 1 heterocycles. The summed E-state index contributed by atoms with van der Waals surface area (Å²) >= 11 is 3.34. The maximum absolute atomic E-state index is 11.4. The first-order valence-electron chi connectivity index (χ1n) is 6.43. The number of hydrogen-bond donors (Lipinski definition) is 1. The van der Waals surface area contributed by atoms with Crippen molar-refractivity contribution in [3.05, 3.63) is 28.2 Å². The van der Waals surface area contributed by atoms with Gasteiger partial charge in [0.2, 0.25) is 0 Å². The van der Waals surface area contributed by atoms with Crippen molar-refractivity contribution in [2.24, 2.45) is 0 Å². The lowest BCUT2D eigenvalue weighted by atomic mass is 9.98. The van der Waals surface area contributed by atoms with Crippen LogP contribution in [0, 0.1) is 0 Å². The van der Waals surface area contributed by atoms with Gasteiger partial charge in [0, 0.05) is 17.1 Å². The molecule has 0 saturated carbocycles. The molecule has 98 valence electrons. The Hall–Kier alpha value is -1.03. The topological polar surface area (TPSA) is 40.5 Å². The zero-order chi connectivity index (χ0) is 13.1. The molecule has 1 saturated heterocycles. The highest BCUT2D eigenvalue weighted by Crippen LogP contribution is 2.31. The zero-order valence-electron chi connectivity index (χ0n) is 10.5. The molecule has 1 aromatic rings. The summed E-state index contributed by atoms with van der Waals surface area (Å²) in [4.78, 5) is 13.6. The number of aromatic carboxylic acids is 1. The van der Waals surface area contributed by atoms with Crippen molar-refractivity contribution >= 4 is 27.6 Å². The molecule has 0 aromatic heterocycles. The molecule has 0 radical (unpaired) electrons. The predicted molar refractivity (Wildman–Crippen MR) is 76.4 cm³/mol. The fourth-order valence-electron chi connectivity index (χ4n) is 2.67. The third-order valence-corrected chi connectivity index (χ3v) is 4.09. The van der Waals surface area contributed by atoms with Crippen LogP contribution in [0.5, 0.6) is 0 Å². The average Bonchev–Trinajstić information content (AvgIpc) is 2.38. The Morgan fingerprint density at radius 2 is 2.28 bits per heavy atom. The van der Waals surface area contributed by atoms with Crippen molar-refractivity contribution < 1.29 is 9.90 Å². The normalized spacial score (nSPS) is 19.9. The van der Waals surface area contributed by atoms with Crippen molar-refractivity contribution in [3.8, 4) is 0 Å². The van der Waals surface area contributed by atoms with E-state index in [2.05, 4.69) is 27.8 Å². The number of halogens is 1. The lowest BCUT2D eigenvalue weighted by molar-refractivity contribution is 0.0697. The van der Waals surface area contributed by atoms with E-state index in [-0.39, 0.29) is 0 Å². The molecule has 1 fully saturated rings.